The lowest BCUT2D eigenvalue weighted by molar-refractivity contribution is 0.140. The molecule has 0 radical (unpaired) electrons. The molecule has 1 fully saturated rings. The van der Waals surface area contributed by atoms with Crippen molar-refractivity contribution in [3.8, 4) is 5.75 Å². The molecule has 0 aromatic heterocycles. The van der Waals surface area contributed by atoms with E-state index in [-0.39, 0.29) is 6.10 Å². The predicted molar refractivity (Wildman–Crippen MR) is 82.8 cm³/mol. The van der Waals surface area contributed by atoms with E-state index in [0.29, 0.717) is 6.61 Å². The molecular weight excluding hydrogens is 266 g/mol. The van der Waals surface area contributed by atoms with Gasteiger partial charge in [0, 0.05) is 32.1 Å². The molecule has 1 aromatic rings. The van der Waals surface area contributed by atoms with Gasteiger partial charge in [-0.3, -0.25) is 4.99 Å². The van der Waals surface area contributed by atoms with Gasteiger partial charge < -0.3 is 19.7 Å². The lowest BCUT2D eigenvalue weighted by Gasteiger charge is -2.19. The molecule has 2 heterocycles. The third-order valence-corrected chi connectivity index (χ3v) is 3.90. The third-order valence-electron chi connectivity index (χ3n) is 3.90. The molecule has 5 heteroatoms. The Kier molecular flexibility index (Phi) is 4.29. The van der Waals surface area contributed by atoms with Crippen LogP contribution in [0.1, 0.15) is 17.5 Å². The number of ether oxygens (including phenoxy) is 2. The maximum Gasteiger partial charge on any atom is 0.194 e. The molecule has 1 unspecified atom stereocenters. The summed E-state index contributed by atoms with van der Waals surface area (Å²) >= 11 is 0. The zero-order valence-electron chi connectivity index (χ0n) is 12.8. The normalized spacial score (nSPS) is 21.5. The zero-order chi connectivity index (χ0) is 14.7. The van der Waals surface area contributed by atoms with E-state index in [0.717, 1.165) is 49.9 Å². The molecule has 1 atom stereocenters. The molecule has 0 aliphatic carbocycles. The number of hydrogen-bond donors (Lipinski definition) is 1. The second-order valence-corrected chi connectivity index (χ2v) is 5.70. The van der Waals surface area contributed by atoms with Crippen LogP contribution in [0.4, 0.5) is 0 Å². The summed E-state index contributed by atoms with van der Waals surface area (Å²) in [7, 11) is 2.06. The van der Waals surface area contributed by atoms with E-state index in [1.165, 1.54) is 5.56 Å². The van der Waals surface area contributed by atoms with Crippen LogP contribution in [0.3, 0.4) is 0 Å². The van der Waals surface area contributed by atoms with Crippen LogP contribution >= 0.6 is 0 Å². The number of nitrogens with one attached hydrogen (secondary N) is 1. The van der Waals surface area contributed by atoms with Crippen LogP contribution in [0.5, 0.6) is 5.75 Å². The van der Waals surface area contributed by atoms with Crippen molar-refractivity contribution in [1.29, 1.82) is 0 Å². The molecule has 1 N–H and O–H groups in total. The molecule has 0 amide bonds. The van der Waals surface area contributed by atoms with Crippen molar-refractivity contribution in [2.24, 2.45) is 4.99 Å². The van der Waals surface area contributed by atoms with Crippen LogP contribution in [0, 0.1) is 6.92 Å². The second kappa shape index (κ2) is 6.35. The Morgan fingerprint density at radius 1 is 1.48 bits per heavy atom. The van der Waals surface area contributed by atoms with Crippen molar-refractivity contribution in [3.63, 3.8) is 0 Å². The Morgan fingerprint density at radius 3 is 3.10 bits per heavy atom. The van der Waals surface area contributed by atoms with E-state index < -0.39 is 0 Å². The van der Waals surface area contributed by atoms with Gasteiger partial charge in [0.05, 0.1) is 19.8 Å². The van der Waals surface area contributed by atoms with Crippen molar-refractivity contribution in [2.75, 3.05) is 33.4 Å². The van der Waals surface area contributed by atoms with Crippen LogP contribution in [-0.4, -0.2) is 50.3 Å². The fourth-order valence-corrected chi connectivity index (χ4v) is 2.60. The van der Waals surface area contributed by atoms with Crippen molar-refractivity contribution in [2.45, 2.75) is 26.0 Å². The first-order chi connectivity index (χ1) is 10.2. The maximum absolute atomic E-state index is 6.11. The minimum absolute atomic E-state index is 0.178. The van der Waals surface area contributed by atoms with E-state index in [9.17, 15) is 0 Å². The number of rotatable bonds is 4. The molecule has 0 spiro atoms. The standard InChI is InChI=1S/C16H23N3O2/c1-12-3-4-13(10-18-16-17-6-7-19(16)2)15(9-12)21-14-5-8-20-11-14/h3-4,9,14H,5-8,10-11H2,1-2H3,(H,17,18). The Labute approximate surface area is 126 Å². The average Bonchev–Trinajstić information content (AvgIpc) is 3.10. The number of benzene rings is 1. The highest BCUT2D eigenvalue weighted by Gasteiger charge is 2.19. The van der Waals surface area contributed by atoms with Crippen LogP contribution in [0.15, 0.2) is 23.2 Å². The number of aryl methyl sites for hydroxylation is 1. The molecular formula is C16H23N3O2. The SMILES string of the molecule is Cc1ccc(CNC2=NCCN2C)c(OC2CCOC2)c1. The summed E-state index contributed by atoms with van der Waals surface area (Å²) in [6, 6.07) is 6.35. The van der Waals surface area contributed by atoms with E-state index >= 15 is 0 Å². The van der Waals surface area contributed by atoms with Crippen molar-refractivity contribution < 1.29 is 9.47 Å². The minimum atomic E-state index is 0.178. The maximum atomic E-state index is 6.11. The minimum Gasteiger partial charge on any atom is -0.488 e. The van der Waals surface area contributed by atoms with Gasteiger partial charge in [-0.1, -0.05) is 12.1 Å². The third kappa shape index (κ3) is 3.47. The molecule has 114 valence electrons. The zero-order valence-corrected chi connectivity index (χ0v) is 12.8. The molecule has 0 bridgehead atoms. The molecule has 0 saturated carbocycles. The van der Waals surface area contributed by atoms with Gasteiger partial charge in [-0.2, -0.15) is 0 Å². The van der Waals surface area contributed by atoms with Crippen LogP contribution in [0.25, 0.3) is 0 Å². The summed E-state index contributed by atoms with van der Waals surface area (Å²) in [6.07, 6.45) is 1.15. The predicted octanol–water partition coefficient (Wildman–Crippen LogP) is 1.55. The summed E-state index contributed by atoms with van der Waals surface area (Å²) in [5.41, 5.74) is 2.37. The van der Waals surface area contributed by atoms with Crippen molar-refractivity contribution in [3.05, 3.63) is 29.3 Å². The highest BCUT2D eigenvalue weighted by Crippen LogP contribution is 2.23. The fourth-order valence-electron chi connectivity index (χ4n) is 2.60. The molecule has 1 aromatic carbocycles. The summed E-state index contributed by atoms with van der Waals surface area (Å²) < 4.78 is 11.5. The second-order valence-electron chi connectivity index (χ2n) is 5.70. The smallest absolute Gasteiger partial charge is 0.194 e. The van der Waals surface area contributed by atoms with Gasteiger partial charge >= 0.3 is 0 Å². The Bertz CT molecular complexity index is 524. The Balaban J connectivity index is 1.68. The average molecular weight is 289 g/mol. The van der Waals surface area contributed by atoms with Crippen molar-refractivity contribution >= 4 is 5.96 Å². The van der Waals surface area contributed by atoms with Gasteiger partial charge in [-0.15, -0.1) is 0 Å². The monoisotopic (exact) mass is 289 g/mol. The first-order valence-corrected chi connectivity index (χ1v) is 7.56. The lowest BCUT2D eigenvalue weighted by Crippen LogP contribution is -2.35. The summed E-state index contributed by atoms with van der Waals surface area (Å²) in [5.74, 6) is 1.92. The molecule has 5 nitrogen and oxygen atoms in total. The number of aliphatic imine (C=N–C) groups is 1. The van der Waals surface area contributed by atoms with Gasteiger partial charge in [0.1, 0.15) is 11.9 Å². The van der Waals surface area contributed by atoms with Gasteiger partial charge in [0.25, 0.3) is 0 Å². The van der Waals surface area contributed by atoms with Gasteiger partial charge in [0.2, 0.25) is 0 Å². The highest BCUT2D eigenvalue weighted by molar-refractivity contribution is 5.81. The number of nitrogens with zero attached hydrogens (tertiary/aromatic N) is 2. The van der Waals surface area contributed by atoms with E-state index in [4.69, 9.17) is 9.47 Å². The molecule has 21 heavy (non-hydrogen) atoms. The summed E-state index contributed by atoms with van der Waals surface area (Å²) in [4.78, 5) is 6.59. The molecule has 3 rings (SSSR count). The topological polar surface area (TPSA) is 46.1 Å². The highest BCUT2D eigenvalue weighted by atomic mass is 16.5. The van der Waals surface area contributed by atoms with Crippen LogP contribution < -0.4 is 10.1 Å². The number of likely N-dealkylation sites (N-methyl/N-ethyl adjacent to an activating group) is 1. The quantitative estimate of drug-likeness (QED) is 0.913. The van der Waals surface area contributed by atoms with Crippen LogP contribution in [0.2, 0.25) is 0 Å². The van der Waals surface area contributed by atoms with Gasteiger partial charge in [-0.05, 0) is 18.6 Å². The fraction of sp³-hybridized carbons (Fsp3) is 0.562. The molecule has 2 aliphatic heterocycles. The van der Waals surface area contributed by atoms with E-state index in [1.807, 2.05) is 0 Å². The summed E-state index contributed by atoms with van der Waals surface area (Å²) in [6.45, 7) is 6.16. The van der Waals surface area contributed by atoms with Gasteiger partial charge in [-0.25, -0.2) is 0 Å². The summed E-state index contributed by atoms with van der Waals surface area (Å²) in [5, 5.41) is 3.40. The Morgan fingerprint density at radius 2 is 2.38 bits per heavy atom. The first-order valence-electron chi connectivity index (χ1n) is 7.56. The molecule has 2 aliphatic rings. The van der Waals surface area contributed by atoms with Crippen molar-refractivity contribution in [1.82, 2.24) is 10.2 Å². The first kappa shape index (κ1) is 14.2. The van der Waals surface area contributed by atoms with Crippen LogP contribution in [-0.2, 0) is 11.3 Å². The number of hydrogen-bond acceptors (Lipinski definition) is 5. The van der Waals surface area contributed by atoms with E-state index in [2.05, 4.69) is 47.4 Å². The Hall–Kier alpha value is -1.75. The van der Waals surface area contributed by atoms with Gasteiger partial charge in [0.15, 0.2) is 5.96 Å². The molecule has 1 saturated heterocycles. The van der Waals surface area contributed by atoms with E-state index in [1.54, 1.807) is 0 Å². The lowest BCUT2D eigenvalue weighted by atomic mass is 10.1. The largest absolute Gasteiger partial charge is 0.488 e. The number of guanidine groups is 1.